The third-order valence-electron chi connectivity index (χ3n) is 6.19. The summed E-state index contributed by atoms with van der Waals surface area (Å²) in [5.74, 6) is 0. The highest BCUT2D eigenvalue weighted by atomic mass is 28.4. The van der Waals surface area contributed by atoms with Gasteiger partial charge in [-0.2, -0.15) is 0 Å². The van der Waals surface area contributed by atoms with Gasteiger partial charge in [0.15, 0.2) is 8.32 Å². The van der Waals surface area contributed by atoms with Crippen molar-refractivity contribution in [3.05, 3.63) is 89.2 Å². The van der Waals surface area contributed by atoms with Gasteiger partial charge < -0.3 is 4.43 Å². The molecule has 0 aliphatic carbocycles. The van der Waals surface area contributed by atoms with E-state index in [1.54, 1.807) is 0 Å². The highest BCUT2D eigenvalue weighted by Crippen LogP contribution is 2.36. The Morgan fingerprint density at radius 1 is 0.828 bits per heavy atom. The van der Waals surface area contributed by atoms with Crippen LogP contribution >= 0.6 is 0 Å². The first-order valence-corrected chi connectivity index (χ1v) is 13.3. The second-order valence-corrected chi connectivity index (χ2v) is 12.7. The predicted molar refractivity (Wildman–Crippen MR) is 126 cm³/mol. The summed E-state index contributed by atoms with van der Waals surface area (Å²) in [6.07, 6.45) is 3.86. The van der Waals surface area contributed by atoms with Crippen LogP contribution in [0.3, 0.4) is 0 Å². The molecule has 152 valence electrons. The predicted octanol–water partition coefficient (Wildman–Crippen LogP) is 7.48. The molecule has 0 aliphatic rings. The van der Waals surface area contributed by atoms with Crippen molar-refractivity contribution in [1.29, 1.82) is 0 Å². The van der Waals surface area contributed by atoms with Crippen molar-refractivity contribution in [2.24, 2.45) is 0 Å². The molecule has 0 fully saturated rings. The maximum absolute atomic E-state index is 7.08. The molecule has 0 N–H and O–H groups in total. The third kappa shape index (κ3) is 4.85. The Labute approximate surface area is 177 Å². The normalized spacial score (nSPS) is 12.7. The Morgan fingerprint density at radius 2 is 1.52 bits per heavy atom. The molecule has 3 aromatic rings. The Hall–Kier alpha value is -2.23. The van der Waals surface area contributed by atoms with Crippen molar-refractivity contribution in [3.63, 3.8) is 0 Å². The standard InChI is InChI=1S/C26H33NOSi/c1-6-29(7-2,8-3)28-26(25-16-20(4)14-15-21(25)5)24-17-23(18-27-19-24)22-12-10-9-11-13-22/h9-19,26H,6-8H2,1-5H3. The number of aryl methyl sites for hydroxylation is 2. The van der Waals surface area contributed by atoms with Crippen molar-refractivity contribution in [3.8, 4) is 11.1 Å². The molecule has 2 aromatic carbocycles. The summed E-state index contributed by atoms with van der Waals surface area (Å²) in [5.41, 5.74) is 7.28. The molecule has 0 radical (unpaired) electrons. The van der Waals surface area contributed by atoms with Crippen LogP contribution in [0.5, 0.6) is 0 Å². The molecule has 1 atom stereocenters. The van der Waals surface area contributed by atoms with Gasteiger partial charge in [0.05, 0.1) is 6.10 Å². The van der Waals surface area contributed by atoms with Crippen molar-refractivity contribution in [1.82, 2.24) is 4.98 Å². The first kappa shape index (κ1) is 21.5. The molecule has 3 heteroatoms. The Balaban J connectivity index is 2.12. The number of aromatic nitrogens is 1. The van der Waals surface area contributed by atoms with E-state index in [9.17, 15) is 0 Å². The minimum Gasteiger partial charge on any atom is -0.406 e. The minimum absolute atomic E-state index is 0.0717. The van der Waals surface area contributed by atoms with Gasteiger partial charge in [0.2, 0.25) is 0 Å². The Kier molecular flexibility index (Phi) is 7.04. The highest BCUT2D eigenvalue weighted by molar-refractivity contribution is 6.73. The maximum atomic E-state index is 7.08. The average Bonchev–Trinajstić information content (AvgIpc) is 2.78. The summed E-state index contributed by atoms with van der Waals surface area (Å²) in [7, 11) is -1.81. The fourth-order valence-corrected chi connectivity index (χ4v) is 6.76. The fraction of sp³-hybridized carbons (Fsp3) is 0.346. The van der Waals surface area contributed by atoms with Crippen molar-refractivity contribution >= 4 is 8.32 Å². The van der Waals surface area contributed by atoms with Crippen LogP contribution in [0.15, 0.2) is 67.0 Å². The van der Waals surface area contributed by atoms with E-state index >= 15 is 0 Å². The first-order valence-electron chi connectivity index (χ1n) is 10.8. The van der Waals surface area contributed by atoms with Gasteiger partial charge >= 0.3 is 0 Å². The molecular formula is C26H33NOSi. The number of hydrogen-bond acceptors (Lipinski definition) is 2. The molecule has 2 nitrogen and oxygen atoms in total. The highest BCUT2D eigenvalue weighted by Gasteiger charge is 2.34. The van der Waals surface area contributed by atoms with E-state index in [1.807, 2.05) is 18.5 Å². The largest absolute Gasteiger partial charge is 0.406 e. The second kappa shape index (κ2) is 9.51. The molecule has 0 amide bonds. The average molecular weight is 404 g/mol. The van der Waals surface area contributed by atoms with Gasteiger partial charge in [0.25, 0.3) is 0 Å². The van der Waals surface area contributed by atoms with Gasteiger partial charge in [0, 0.05) is 23.5 Å². The number of benzene rings is 2. The van der Waals surface area contributed by atoms with Gasteiger partial charge in [-0.05, 0) is 54.7 Å². The van der Waals surface area contributed by atoms with Crippen LogP contribution in [-0.4, -0.2) is 13.3 Å². The number of hydrogen-bond donors (Lipinski definition) is 0. The number of nitrogens with zero attached hydrogens (tertiary/aromatic N) is 1. The third-order valence-corrected chi connectivity index (χ3v) is 10.8. The molecule has 0 saturated carbocycles. The van der Waals surface area contributed by atoms with Crippen LogP contribution < -0.4 is 0 Å². The molecule has 0 aliphatic heterocycles. The van der Waals surface area contributed by atoms with Crippen molar-refractivity contribution < 1.29 is 4.43 Å². The summed E-state index contributed by atoms with van der Waals surface area (Å²) in [4.78, 5) is 4.60. The zero-order chi connectivity index (χ0) is 20.9. The van der Waals surface area contributed by atoms with Crippen LogP contribution in [-0.2, 0) is 4.43 Å². The second-order valence-electron chi connectivity index (χ2n) is 7.97. The minimum atomic E-state index is -1.81. The molecule has 29 heavy (non-hydrogen) atoms. The Morgan fingerprint density at radius 3 is 2.17 bits per heavy atom. The number of pyridine rings is 1. The molecular weight excluding hydrogens is 370 g/mol. The van der Waals surface area contributed by atoms with E-state index in [-0.39, 0.29) is 6.10 Å². The lowest BCUT2D eigenvalue weighted by Crippen LogP contribution is -2.37. The van der Waals surface area contributed by atoms with E-state index < -0.39 is 8.32 Å². The fourth-order valence-electron chi connectivity index (χ4n) is 3.99. The summed E-state index contributed by atoms with van der Waals surface area (Å²) >= 11 is 0. The maximum Gasteiger partial charge on any atom is 0.193 e. The Bertz CT molecular complexity index is 926. The molecule has 1 unspecified atom stereocenters. The number of rotatable bonds is 8. The zero-order valence-corrected chi connectivity index (χ0v) is 19.4. The van der Waals surface area contributed by atoms with Crippen molar-refractivity contribution in [2.45, 2.75) is 58.9 Å². The molecule has 1 heterocycles. The molecule has 0 saturated heterocycles. The molecule has 3 rings (SSSR count). The SMILES string of the molecule is CC[Si](CC)(CC)OC(c1cncc(-c2ccccc2)c1)c1cc(C)ccc1C. The van der Waals surface area contributed by atoms with Crippen LogP contribution in [0.25, 0.3) is 11.1 Å². The van der Waals surface area contributed by atoms with Gasteiger partial charge in [-0.1, -0.05) is 74.9 Å². The smallest absolute Gasteiger partial charge is 0.193 e. The van der Waals surface area contributed by atoms with Gasteiger partial charge in [0.1, 0.15) is 0 Å². The van der Waals surface area contributed by atoms with E-state index in [0.29, 0.717) is 0 Å². The van der Waals surface area contributed by atoms with Crippen LogP contribution in [0.1, 0.15) is 49.1 Å². The lowest BCUT2D eigenvalue weighted by Gasteiger charge is -2.34. The van der Waals surface area contributed by atoms with Crippen molar-refractivity contribution in [2.75, 3.05) is 0 Å². The molecule has 1 aromatic heterocycles. The van der Waals surface area contributed by atoms with Crippen LogP contribution in [0, 0.1) is 13.8 Å². The van der Waals surface area contributed by atoms with E-state index in [2.05, 4.69) is 88.1 Å². The first-order chi connectivity index (χ1) is 14.0. The quantitative estimate of drug-likeness (QED) is 0.364. The summed E-state index contributed by atoms with van der Waals surface area (Å²) in [6.45, 7) is 11.2. The van der Waals surface area contributed by atoms with Crippen LogP contribution in [0.4, 0.5) is 0 Å². The monoisotopic (exact) mass is 403 g/mol. The van der Waals surface area contributed by atoms with E-state index in [1.165, 1.54) is 22.3 Å². The van der Waals surface area contributed by atoms with Crippen LogP contribution in [0.2, 0.25) is 18.1 Å². The lowest BCUT2D eigenvalue weighted by atomic mass is 9.95. The summed E-state index contributed by atoms with van der Waals surface area (Å²) < 4.78 is 7.08. The molecule has 0 spiro atoms. The van der Waals surface area contributed by atoms with E-state index in [0.717, 1.165) is 29.3 Å². The topological polar surface area (TPSA) is 22.1 Å². The van der Waals surface area contributed by atoms with E-state index in [4.69, 9.17) is 4.43 Å². The van der Waals surface area contributed by atoms with Gasteiger partial charge in [-0.25, -0.2) is 0 Å². The van der Waals surface area contributed by atoms with Gasteiger partial charge in [-0.15, -0.1) is 0 Å². The molecule has 0 bridgehead atoms. The summed E-state index contributed by atoms with van der Waals surface area (Å²) in [5, 5.41) is 0. The van der Waals surface area contributed by atoms with Gasteiger partial charge in [-0.3, -0.25) is 4.98 Å². The zero-order valence-electron chi connectivity index (χ0n) is 18.4. The lowest BCUT2D eigenvalue weighted by molar-refractivity contribution is 0.229. The summed E-state index contributed by atoms with van der Waals surface area (Å²) in [6, 6.07) is 22.8.